The second-order valence-corrected chi connectivity index (χ2v) is 7.11. The van der Waals surface area contributed by atoms with E-state index in [1.54, 1.807) is 6.08 Å². The normalized spacial score (nSPS) is 16.6. The predicted octanol–water partition coefficient (Wildman–Crippen LogP) is 4.98. The predicted molar refractivity (Wildman–Crippen MR) is 108 cm³/mol. The lowest BCUT2D eigenvalue weighted by atomic mass is 10.1. The Morgan fingerprint density at radius 3 is 2.67 bits per heavy atom. The molecular weight excluding hydrogens is 338 g/mol. The zero-order chi connectivity index (χ0) is 18.9. The number of rotatable bonds is 10. The highest BCUT2D eigenvalue weighted by Gasteiger charge is 2.21. The van der Waals surface area contributed by atoms with Crippen molar-refractivity contribution >= 4 is 12.0 Å². The van der Waals surface area contributed by atoms with Crippen LogP contribution in [0.4, 0.5) is 0 Å². The monoisotopic (exact) mass is 367 g/mol. The first kappa shape index (κ1) is 19.3. The van der Waals surface area contributed by atoms with Crippen LogP contribution in [0.5, 0.6) is 5.75 Å². The molecule has 1 N–H and O–H groups in total. The van der Waals surface area contributed by atoms with E-state index in [1.165, 1.54) is 12.8 Å². The van der Waals surface area contributed by atoms with E-state index in [0.29, 0.717) is 6.61 Å². The molecule has 2 aliphatic rings. The van der Waals surface area contributed by atoms with Crippen LogP contribution in [0, 0.1) is 5.92 Å². The van der Waals surface area contributed by atoms with Crippen molar-refractivity contribution in [2.24, 2.45) is 5.92 Å². The highest BCUT2D eigenvalue weighted by molar-refractivity contribution is 5.93. The van der Waals surface area contributed by atoms with Crippen LogP contribution in [0.1, 0.15) is 51.0 Å². The van der Waals surface area contributed by atoms with E-state index < -0.39 is 0 Å². The Labute approximate surface area is 161 Å². The van der Waals surface area contributed by atoms with Crippen LogP contribution in [0.2, 0.25) is 0 Å². The molecule has 4 heteroatoms. The number of ether oxygens (including phenoxy) is 2. The minimum atomic E-state index is -0.151. The topological polar surface area (TPSA) is 47.6 Å². The number of carbonyl (C=O) groups excluding carboxylic acids is 1. The van der Waals surface area contributed by atoms with Crippen molar-refractivity contribution in [2.75, 3.05) is 13.2 Å². The van der Waals surface area contributed by atoms with E-state index in [0.717, 1.165) is 61.0 Å². The highest BCUT2D eigenvalue weighted by atomic mass is 16.5. The van der Waals surface area contributed by atoms with E-state index in [-0.39, 0.29) is 5.91 Å². The zero-order valence-electron chi connectivity index (χ0n) is 16.1. The smallest absolute Gasteiger partial charge is 0.248 e. The van der Waals surface area contributed by atoms with Gasteiger partial charge in [0, 0.05) is 6.08 Å². The number of hydrogen-bond donors (Lipinski definition) is 1. The number of hydrogen-bond acceptors (Lipinski definition) is 3. The molecule has 0 unspecified atom stereocenters. The van der Waals surface area contributed by atoms with Crippen LogP contribution in [0.25, 0.3) is 6.08 Å². The molecule has 0 aliphatic heterocycles. The quantitative estimate of drug-likeness (QED) is 0.468. The van der Waals surface area contributed by atoms with Crippen molar-refractivity contribution in [3.63, 3.8) is 0 Å². The molecule has 27 heavy (non-hydrogen) atoms. The summed E-state index contributed by atoms with van der Waals surface area (Å²) in [4.78, 5) is 12.3. The fourth-order valence-corrected chi connectivity index (χ4v) is 2.75. The van der Waals surface area contributed by atoms with Crippen LogP contribution in [-0.4, -0.2) is 19.1 Å². The third kappa shape index (κ3) is 6.63. The molecule has 1 aromatic rings. The van der Waals surface area contributed by atoms with Gasteiger partial charge in [0.25, 0.3) is 0 Å². The van der Waals surface area contributed by atoms with Crippen LogP contribution >= 0.6 is 0 Å². The fraction of sp³-hybridized carbons (Fsp3) is 0.435. The maximum absolute atomic E-state index is 12.3. The summed E-state index contributed by atoms with van der Waals surface area (Å²) in [5.74, 6) is 2.26. The minimum Gasteiger partial charge on any atom is -0.493 e. The molecular formula is C23H29NO3. The van der Waals surface area contributed by atoms with Crippen molar-refractivity contribution in [1.29, 1.82) is 0 Å². The molecule has 1 aromatic carbocycles. The van der Waals surface area contributed by atoms with Gasteiger partial charge in [-0.05, 0) is 67.9 Å². The van der Waals surface area contributed by atoms with Gasteiger partial charge in [0.1, 0.15) is 11.5 Å². The number of carbonyl (C=O) groups is 1. The second kappa shape index (κ2) is 10.0. The summed E-state index contributed by atoms with van der Waals surface area (Å²) in [7, 11) is 0. The molecule has 2 aliphatic carbocycles. The summed E-state index contributed by atoms with van der Waals surface area (Å²) in [6.45, 7) is 3.62. The number of benzene rings is 1. The Bertz CT molecular complexity index is 712. The first-order chi connectivity index (χ1) is 13.2. The van der Waals surface area contributed by atoms with E-state index in [2.05, 4.69) is 18.3 Å². The summed E-state index contributed by atoms with van der Waals surface area (Å²) < 4.78 is 11.5. The molecule has 0 atom stereocenters. The average molecular weight is 367 g/mol. The standard InChI is InChI=1S/C23H29NO3/c1-2-3-16-26-22-7-5-4-6-21(22)24-23(25)15-12-18-10-13-20(14-11-18)27-17-19-8-9-19/h6-7,10-15,19H,2-5,8-9,16-17H2,1H3,(H,24,25)/b15-12+. The van der Waals surface area contributed by atoms with Gasteiger partial charge in [-0.15, -0.1) is 0 Å². The lowest BCUT2D eigenvalue weighted by Gasteiger charge is -2.17. The number of amides is 1. The van der Waals surface area contributed by atoms with Gasteiger partial charge < -0.3 is 14.8 Å². The average Bonchev–Trinajstić information content (AvgIpc) is 3.52. The van der Waals surface area contributed by atoms with Gasteiger partial charge in [0.15, 0.2) is 0 Å². The molecule has 0 spiro atoms. The fourth-order valence-electron chi connectivity index (χ4n) is 2.75. The lowest BCUT2D eigenvalue weighted by Crippen LogP contribution is -2.23. The number of nitrogens with one attached hydrogen (secondary N) is 1. The lowest BCUT2D eigenvalue weighted by molar-refractivity contribution is -0.115. The molecule has 1 amide bonds. The molecule has 1 saturated carbocycles. The maximum Gasteiger partial charge on any atom is 0.248 e. The number of unbranched alkanes of at least 4 members (excludes halogenated alkanes) is 1. The second-order valence-electron chi connectivity index (χ2n) is 7.11. The molecule has 4 nitrogen and oxygen atoms in total. The van der Waals surface area contributed by atoms with E-state index in [9.17, 15) is 4.79 Å². The Morgan fingerprint density at radius 1 is 1.15 bits per heavy atom. The Morgan fingerprint density at radius 2 is 1.93 bits per heavy atom. The van der Waals surface area contributed by atoms with Crippen molar-refractivity contribution in [1.82, 2.24) is 5.32 Å². The van der Waals surface area contributed by atoms with Gasteiger partial charge in [-0.2, -0.15) is 0 Å². The van der Waals surface area contributed by atoms with Crippen molar-refractivity contribution in [3.8, 4) is 5.75 Å². The Hall–Kier alpha value is -2.49. The van der Waals surface area contributed by atoms with E-state index in [4.69, 9.17) is 9.47 Å². The van der Waals surface area contributed by atoms with Gasteiger partial charge in [-0.25, -0.2) is 0 Å². The van der Waals surface area contributed by atoms with Crippen LogP contribution in [0.3, 0.4) is 0 Å². The largest absolute Gasteiger partial charge is 0.493 e. The van der Waals surface area contributed by atoms with Crippen LogP contribution < -0.4 is 10.1 Å². The van der Waals surface area contributed by atoms with Gasteiger partial charge in [-0.3, -0.25) is 4.79 Å². The van der Waals surface area contributed by atoms with Crippen molar-refractivity contribution in [2.45, 2.75) is 45.4 Å². The highest BCUT2D eigenvalue weighted by Crippen LogP contribution is 2.29. The zero-order valence-corrected chi connectivity index (χ0v) is 16.1. The summed E-state index contributed by atoms with van der Waals surface area (Å²) >= 11 is 0. The van der Waals surface area contributed by atoms with Crippen molar-refractivity contribution < 1.29 is 14.3 Å². The van der Waals surface area contributed by atoms with Crippen LogP contribution in [-0.2, 0) is 9.53 Å². The van der Waals surface area contributed by atoms with Crippen LogP contribution in [0.15, 0.2) is 53.9 Å². The van der Waals surface area contributed by atoms with E-state index in [1.807, 2.05) is 36.4 Å². The summed E-state index contributed by atoms with van der Waals surface area (Å²) in [6, 6.07) is 7.83. The molecule has 144 valence electrons. The Balaban J connectivity index is 1.48. The van der Waals surface area contributed by atoms with Gasteiger partial charge in [0.2, 0.25) is 5.91 Å². The maximum atomic E-state index is 12.3. The summed E-state index contributed by atoms with van der Waals surface area (Å²) in [5, 5.41) is 2.93. The molecule has 0 heterocycles. The van der Waals surface area contributed by atoms with Gasteiger partial charge in [-0.1, -0.05) is 31.6 Å². The molecule has 0 aromatic heterocycles. The third-order valence-corrected chi connectivity index (χ3v) is 4.61. The van der Waals surface area contributed by atoms with E-state index >= 15 is 0 Å². The SMILES string of the molecule is CCCCOC1=CCCC=C1NC(=O)/C=C/c1ccc(OCC2CC2)cc1. The minimum absolute atomic E-state index is 0.151. The number of allylic oxidation sites excluding steroid dienone is 2. The first-order valence-corrected chi connectivity index (χ1v) is 10.00. The van der Waals surface area contributed by atoms with Gasteiger partial charge >= 0.3 is 0 Å². The molecule has 3 rings (SSSR count). The molecule has 0 saturated heterocycles. The van der Waals surface area contributed by atoms with Gasteiger partial charge in [0.05, 0.1) is 18.9 Å². The Kier molecular flexibility index (Phi) is 7.14. The summed E-state index contributed by atoms with van der Waals surface area (Å²) in [6.07, 6.45) is 14.0. The molecule has 0 bridgehead atoms. The first-order valence-electron chi connectivity index (χ1n) is 10.00. The third-order valence-electron chi connectivity index (χ3n) is 4.61. The molecule has 0 radical (unpaired) electrons. The molecule has 1 fully saturated rings. The summed E-state index contributed by atoms with van der Waals surface area (Å²) in [5.41, 5.74) is 1.74. The van der Waals surface area contributed by atoms with Crippen molar-refractivity contribution in [3.05, 3.63) is 59.5 Å².